The van der Waals surface area contributed by atoms with Gasteiger partial charge in [0.25, 0.3) is 0 Å². The van der Waals surface area contributed by atoms with Gasteiger partial charge in [-0.1, -0.05) is 5.16 Å². The maximum atomic E-state index is 11.8. The summed E-state index contributed by atoms with van der Waals surface area (Å²) in [5.41, 5.74) is 5.09. The van der Waals surface area contributed by atoms with Crippen LogP contribution in [-0.4, -0.2) is 41.6 Å². The van der Waals surface area contributed by atoms with Gasteiger partial charge in [0, 0.05) is 20.0 Å². The maximum Gasteiger partial charge on any atom is 0.397 e. The summed E-state index contributed by atoms with van der Waals surface area (Å²) >= 11 is 0. The van der Waals surface area contributed by atoms with Crippen molar-refractivity contribution in [3.63, 3.8) is 0 Å². The molecule has 88 valence electrons. The molecule has 0 aliphatic rings. The summed E-state index contributed by atoms with van der Waals surface area (Å²) in [6.45, 7) is -0.0230. The predicted octanol–water partition coefficient (Wildman–Crippen LogP) is 0.534. The van der Waals surface area contributed by atoms with Gasteiger partial charge in [-0.3, -0.25) is 4.79 Å². The highest BCUT2D eigenvalue weighted by atomic mass is 19.4. The van der Waals surface area contributed by atoms with E-state index >= 15 is 0 Å². The topological polar surface area (TPSA) is 78.9 Å². The molecule has 0 aliphatic heterocycles. The van der Waals surface area contributed by atoms with Crippen molar-refractivity contribution in [3.8, 4) is 0 Å². The van der Waals surface area contributed by atoms with Crippen LogP contribution in [0.5, 0.6) is 0 Å². The van der Waals surface area contributed by atoms with Gasteiger partial charge < -0.3 is 15.8 Å². The van der Waals surface area contributed by atoms with Gasteiger partial charge in [-0.2, -0.15) is 13.2 Å². The summed E-state index contributed by atoms with van der Waals surface area (Å²) in [7, 11) is 1.22. The number of amidine groups is 1. The van der Waals surface area contributed by atoms with Gasteiger partial charge in [-0.05, 0) is 0 Å². The highest BCUT2D eigenvalue weighted by Crippen LogP contribution is 2.20. The Bertz CT molecular complexity index is 252. The molecule has 0 spiro atoms. The van der Waals surface area contributed by atoms with Gasteiger partial charge in [0.2, 0.25) is 5.91 Å². The lowest BCUT2D eigenvalue weighted by molar-refractivity contribution is -0.160. The van der Waals surface area contributed by atoms with Crippen molar-refractivity contribution >= 4 is 11.7 Å². The van der Waals surface area contributed by atoms with Crippen molar-refractivity contribution in [2.45, 2.75) is 19.0 Å². The first kappa shape index (κ1) is 13.5. The number of nitrogens with two attached hydrogens (primary N) is 1. The minimum Gasteiger partial charge on any atom is -0.409 e. The monoisotopic (exact) mass is 227 g/mol. The van der Waals surface area contributed by atoms with Crippen LogP contribution in [0.15, 0.2) is 5.16 Å². The predicted molar refractivity (Wildman–Crippen MR) is 46.3 cm³/mol. The van der Waals surface area contributed by atoms with E-state index in [1.54, 1.807) is 0 Å². The van der Waals surface area contributed by atoms with Crippen LogP contribution in [0.3, 0.4) is 0 Å². The number of rotatable bonds is 4. The lowest BCUT2D eigenvalue weighted by Gasteiger charge is -2.17. The Hall–Kier alpha value is -1.47. The van der Waals surface area contributed by atoms with E-state index < -0.39 is 18.5 Å². The van der Waals surface area contributed by atoms with Crippen molar-refractivity contribution < 1.29 is 23.2 Å². The molecule has 0 aromatic rings. The molecule has 0 saturated heterocycles. The van der Waals surface area contributed by atoms with Crippen molar-refractivity contribution in [2.75, 3.05) is 13.6 Å². The molecule has 0 bridgehead atoms. The van der Waals surface area contributed by atoms with Gasteiger partial charge in [0.1, 0.15) is 12.3 Å². The Labute approximate surface area is 84.3 Å². The van der Waals surface area contributed by atoms with Crippen LogP contribution in [0.4, 0.5) is 13.2 Å². The number of amides is 1. The Morgan fingerprint density at radius 3 is 2.47 bits per heavy atom. The maximum absolute atomic E-state index is 11.8. The van der Waals surface area contributed by atoms with Crippen LogP contribution in [0.25, 0.3) is 0 Å². The van der Waals surface area contributed by atoms with Gasteiger partial charge in [0.05, 0.1) is 0 Å². The molecule has 0 saturated carbocycles. The van der Waals surface area contributed by atoms with E-state index in [2.05, 4.69) is 5.16 Å². The van der Waals surface area contributed by atoms with Gasteiger partial charge >= 0.3 is 6.18 Å². The van der Waals surface area contributed by atoms with Gasteiger partial charge in [-0.15, -0.1) is 0 Å². The molecule has 0 radical (unpaired) electrons. The minimum absolute atomic E-state index is 0.0230. The van der Waals surface area contributed by atoms with E-state index in [0.29, 0.717) is 0 Å². The average molecular weight is 227 g/mol. The van der Waals surface area contributed by atoms with Crippen LogP contribution in [0, 0.1) is 0 Å². The molecule has 15 heavy (non-hydrogen) atoms. The quantitative estimate of drug-likeness (QED) is 0.318. The second kappa shape index (κ2) is 5.42. The Balaban J connectivity index is 4.01. The van der Waals surface area contributed by atoms with Crippen molar-refractivity contribution in [3.05, 3.63) is 0 Å². The number of halogens is 3. The molecule has 0 aromatic heterocycles. The van der Waals surface area contributed by atoms with Crippen molar-refractivity contribution in [1.29, 1.82) is 0 Å². The van der Waals surface area contributed by atoms with Crippen LogP contribution >= 0.6 is 0 Å². The minimum atomic E-state index is -4.51. The lowest BCUT2D eigenvalue weighted by Crippen LogP contribution is -2.33. The molecule has 0 atom stereocenters. The standard InChI is InChI=1S/C7H12F3N3O2/c1-13(3-2-5(11)12-15)6(14)4-7(8,9)10/h15H,2-4H2,1H3,(H2,11,12). The highest BCUT2D eigenvalue weighted by molar-refractivity contribution is 5.81. The van der Waals surface area contributed by atoms with E-state index in [1.165, 1.54) is 7.05 Å². The molecule has 0 unspecified atom stereocenters. The third-order valence-electron chi connectivity index (χ3n) is 1.61. The molecule has 5 nitrogen and oxygen atoms in total. The summed E-state index contributed by atoms with van der Waals surface area (Å²) in [6.07, 6.45) is -5.99. The first-order valence-corrected chi connectivity index (χ1v) is 4.03. The zero-order valence-corrected chi connectivity index (χ0v) is 8.08. The molecule has 0 aromatic carbocycles. The van der Waals surface area contributed by atoms with Crippen molar-refractivity contribution in [1.82, 2.24) is 4.90 Å². The average Bonchev–Trinajstić information content (AvgIpc) is 2.10. The molecule has 1 amide bonds. The van der Waals surface area contributed by atoms with Crippen LogP contribution in [-0.2, 0) is 4.79 Å². The van der Waals surface area contributed by atoms with E-state index in [1.807, 2.05) is 0 Å². The first-order chi connectivity index (χ1) is 6.76. The Kier molecular flexibility index (Phi) is 4.89. The van der Waals surface area contributed by atoms with Crippen LogP contribution in [0.1, 0.15) is 12.8 Å². The van der Waals surface area contributed by atoms with E-state index in [9.17, 15) is 18.0 Å². The highest BCUT2D eigenvalue weighted by Gasteiger charge is 2.32. The summed E-state index contributed by atoms with van der Waals surface area (Å²) in [4.78, 5) is 11.8. The third kappa shape index (κ3) is 6.58. The van der Waals surface area contributed by atoms with E-state index in [4.69, 9.17) is 10.9 Å². The largest absolute Gasteiger partial charge is 0.409 e. The second-order valence-corrected chi connectivity index (χ2v) is 2.95. The smallest absolute Gasteiger partial charge is 0.397 e. The number of carbonyl (C=O) groups excluding carboxylic acids is 1. The van der Waals surface area contributed by atoms with Gasteiger partial charge in [-0.25, -0.2) is 0 Å². The normalized spacial score (nSPS) is 12.7. The summed E-state index contributed by atoms with van der Waals surface area (Å²) in [5, 5.41) is 10.8. The first-order valence-electron chi connectivity index (χ1n) is 4.03. The number of carbonyl (C=O) groups is 1. The fourth-order valence-corrected chi connectivity index (χ4v) is 0.763. The Morgan fingerprint density at radius 1 is 1.53 bits per heavy atom. The molecule has 0 rings (SSSR count). The number of hydrogen-bond acceptors (Lipinski definition) is 3. The summed E-state index contributed by atoms with van der Waals surface area (Å²) < 4.78 is 35.4. The summed E-state index contributed by atoms with van der Waals surface area (Å²) in [6, 6.07) is 0. The van der Waals surface area contributed by atoms with Gasteiger partial charge in [0.15, 0.2) is 0 Å². The number of alkyl halides is 3. The van der Waals surface area contributed by atoms with E-state index in [0.717, 1.165) is 4.90 Å². The van der Waals surface area contributed by atoms with Crippen molar-refractivity contribution in [2.24, 2.45) is 10.9 Å². The molecule has 0 heterocycles. The third-order valence-corrected chi connectivity index (χ3v) is 1.61. The SMILES string of the molecule is CN(CC/C(N)=N/O)C(=O)CC(F)(F)F. The number of hydrogen-bond donors (Lipinski definition) is 2. The molecule has 0 aliphatic carbocycles. The molecule has 8 heteroatoms. The van der Waals surface area contributed by atoms with E-state index in [-0.39, 0.29) is 18.8 Å². The Morgan fingerprint density at radius 2 is 2.07 bits per heavy atom. The second-order valence-electron chi connectivity index (χ2n) is 2.95. The lowest BCUT2D eigenvalue weighted by atomic mass is 10.3. The zero-order chi connectivity index (χ0) is 12.1. The fourth-order valence-electron chi connectivity index (χ4n) is 0.763. The molecule has 3 N–H and O–H groups in total. The zero-order valence-electron chi connectivity index (χ0n) is 8.08. The van der Waals surface area contributed by atoms with Crippen LogP contribution in [0.2, 0.25) is 0 Å². The van der Waals surface area contributed by atoms with Crippen LogP contribution < -0.4 is 5.73 Å². The molecular weight excluding hydrogens is 215 g/mol. The summed E-state index contributed by atoms with van der Waals surface area (Å²) in [5.74, 6) is -1.19. The number of oxime groups is 1. The molecular formula is C7H12F3N3O2. The number of nitrogens with zero attached hydrogens (tertiary/aromatic N) is 2. The molecule has 0 fully saturated rings. The fraction of sp³-hybridized carbons (Fsp3) is 0.714.